The number of benzene rings is 5. The summed E-state index contributed by atoms with van der Waals surface area (Å²) in [5, 5.41) is 20.4. The average Bonchev–Trinajstić information content (AvgIpc) is 3.96. The highest BCUT2D eigenvalue weighted by atomic mass is 32.2. The van der Waals surface area contributed by atoms with E-state index in [0.29, 0.717) is 136 Å². The summed E-state index contributed by atoms with van der Waals surface area (Å²) in [6, 6.07) is 25.6. The van der Waals surface area contributed by atoms with Crippen molar-refractivity contribution in [1.82, 2.24) is 25.6 Å². The summed E-state index contributed by atoms with van der Waals surface area (Å²) in [5.74, 6) is 1.13. The molecule has 22 heteroatoms. The third kappa shape index (κ3) is 18.5. The van der Waals surface area contributed by atoms with E-state index < -0.39 is 14.6 Å². The molecule has 5 aromatic carbocycles. The van der Waals surface area contributed by atoms with E-state index in [1.807, 2.05) is 12.1 Å². The van der Waals surface area contributed by atoms with E-state index in [0.717, 1.165) is 11.1 Å². The molecule has 2 aromatic heterocycles. The Balaban J connectivity index is 0.678. The molecule has 2 heterocycles. The number of aromatic nitrogens is 3. The van der Waals surface area contributed by atoms with E-state index in [1.165, 1.54) is 43.2 Å². The molecule has 7 rings (SSSR count). The molecule has 0 saturated heterocycles. The van der Waals surface area contributed by atoms with Gasteiger partial charge in [0, 0.05) is 49.0 Å². The lowest BCUT2D eigenvalue weighted by atomic mass is 10.2. The number of nitrogens with one attached hydrogen (secondary N) is 3. The van der Waals surface area contributed by atoms with Crippen LogP contribution in [0.1, 0.15) is 31.9 Å². The summed E-state index contributed by atoms with van der Waals surface area (Å²) in [6.07, 6.45) is 4.22. The van der Waals surface area contributed by atoms with Gasteiger partial charge in [-0.15, -0.1) is 0 Å². The third-order valence-corrected chi connectivity index (χ3v) is 13.9. The molecular formula is C56H66F2N6O13S. The Bertz CT molecular complexity index is 3090. The highest BCUT2D eigenvalue weighted by Crippen LogP contribution is 2.38. The summed E-state index contributed by atoms with van der Waals surface area (Å²) in [6.45, 7) is 10.9. The molecule has 0 amide bonds. The Labute approximate surface area is 452 Å². The number of oxazole rings is 1. The Morgan fingerprint density at radius 2 is 1.22 bits per heavy atom. The van der Waals surface area contributed by atoms with E-state index in [9.17, 15) is 22.3 Å². The third-order valence-electron chi connectivity index (χ3n) is 11.4. The standard InChI is InChI=1S/C56H66F2N6O13S/c1-56(2,3)78(66,67)54-32-47-48(61-38-62-55(47)64-44-12-14-50-49(30-44)63-39-77-50)33-53(54)73-21-18-59-16-19-68-22-24-70-26-28-72-29-27-71-25-23-69-20-17-60-34-45(65)37-74-46-13-15-51(75-35-40-4-8-42(57)9-5-40)52(31-46)76-36-41-6-10-43(58)11-7-41/h4-15,30-34,38-39,59-60,65H,16-29,35-37H2,1-3H3,(H,61,62,64)/b45-34-. The van der Waals surface area contributed by atoms with Crippen LogP contribution in [0.2, 0.25) is 0 Å². The number of aliphatic hydroxyl groups excluding tert-OH is 1. The number of hydrogen-bond acceptors (Lipinski definition) is 19. The molecule has 0 bridgehead atoms. The van der Waals surface area contributed by atoms with Crippen LogP contribution in [0, 0.1) is 11.6 Å². The van der Waals surface area contributed by atoms with Crippen molar-refractivity contribution >= 4 is 43.3 Å². The zero-order chi connectivity index (χ0) is 55.0. The summed E-state index contributed by atoms with van der Waals surface area (Å²) in [7, 11) is -3.83. The van der Waals surface area contributed by atoms with Gasteiger partial charge < -0.3 is 68.1 Å². The van der Waals surface area contributed by atoms with Crippen LogP contribution in [0.15, 0.2) is 131 Å². The average molecular weight is 1100 g/mol. The number of sulfone groups is 1. The molecule has 0 radical (unpaired) electrons. The van der Waals surface area contributed by atoms with Crippen LogP contribution in [-0.4, -0.2) is 132 Å². The van der Waals surface area contributed by atoms with Gasteiger partial charge in [0.2, 0.25) is 0 Å². The van der Waals surface area contributed by atoms with Gasteiger partial charge in [-0.25, -0.2) is 32.2 Å². The van der Waals surface area contributed by atoms with E-state index in [-0.39, 0.29) is 54.5 Å². The Morgan fingerprint density at radius 3 is 1.86 bits per heavy atom. The first-order valence-corrected chi connectivity index (χ1v) is 26.8. The maximum absolute atomic E-state index is 13.8. The van der Waals surface area contributed by atoms with Crippen LogP contribution < -0.4 is 34.9 Å². The van der Waals surface area contributed by atoms with Crippen molar-refractivity contribution in [3.8, 4) is 23.0 Å². The second kappa shape index (κ2) is 30.1. The number of hydrogen-bond donors (Lipinski definition) is 4. The van der Waals surface area contributed by atoms with Crippen LogP contribution >= 0.6 is 0 Å². The first kappa shape index (κ1) is 58.5. The molecule has 0 aliphatic carbocycles. The van der Waals surface area contributed by atoms with Crippen molar-refractivity contribution in [3.05, 3.63) is 145 Å². The molecule has 0 aliphatic rings. The molecule has 0 atom stereocenters. The van der Waals surface area contributed by atoms with Crippen molar-refractivity contribution in [1.29, 1.82) is 0 Å². The summed E-state index contributed by atoms with van der Waals surface area (Å²) >= 11 is 0. The molecule has 0 saturated carbocycles. The Hall–Kier alpha value is -7.18. The number of aliphatic hydroxyl groups is 1. The fourth-order valence-corrected chi connectivity index (χ4v) is 8.50. The number of fused-ring (bicyclic) bond motifs is 2. The van der Waals surface area contributed by atoms with E-state index in [1.54, 1.807) is 81.4 Å². The quantitative estimate of drug-likeness (QED) is 0.0215. The fraction of sp³-hybridized carbons (Fsp3) is 0.375. The molecule has 7 aromatic rings. The summed E-state index contributed by atoms with van der Waals surface area (Å²) < 4.78 is 110. The van der Waals surface area contributed by atoms with Gasteiger partial charge >= 0.3 is 0 Å². The van der Waals surface area contributed by atoms with Gasteiger partial charge in [0.15, 0.2) is 33.3 Å². The molecule has 418 valence electrons. The van der Waals surface area contributed by atoms with Crippen LogP contribution in [-0.2, 0) is 46.7 Å². The maximum Gasteiger partial charge on any atom is 0.186 e. The van der Waals surface area contributed by atoms with Crippen LogP contribution in [0.3, 0.4) is 0 Å². The topological polar surface area (TPSA) is 225 Å². The largest absolute Gasteiger partial charge is 0.507 e. The van der Waals surface area contributed by atoms with Gasteiger partial charge in [0.25, 0.3) is 0 Å². The highest BCUT2D eigenvalue weighted by Gasteiger charge is 2.34. The number of ether oxygens (including phenoxy) is 9. The molecule has 0 fully saturated rings. The molecule has 0 unspecified atom stereocenters. The van der Waals surface area contributed by atoms with Crippen LogP contribution in [0.25, 0.3) is 22.0 Å². The normalized spacial score (nSPS) is 12.0. The monoisotopic (exact) mass is 1100 g/mol. The summed E-state index contributed by atoms with van der Waals surface area (Å²) in [4.78, 5) is 13.1. The van der Waals surface area contributed by atoms with Crippen molar-refractivity contribution in [2.24, 2.45) is 0 Å². The van der Waals surface area contributed by atoms with Crippen molar-refractivity contribution < 1.29 is 69.4 Å². The van der Waals surface area contributed by atoms with Crippen molar-refractivity contribution in [3.63, 3.8) is 0 Å². The van der Waals surface area contributed by atoms with Gasteiger partial charge in [-0.05, 0) is 92.6 Å². The lowest BCUT2D eigenvalue weighted by molar-refractivity contribution is -0.0105. The number of rotatable bonds is 35. The Morgan fingerprint density at radius 1 is 0.615 bits per heavy atom. The van der Waals surface area contributed by atoms with Gasteiger partial charge in [0.1, 0.15) is 77.9 Å². The smallest absolute Gasteiger partial charge is 0.186 e. The van der Waals surface area contributed by atoms with E-state index in [4.69, 9.17) is 47.0 Å². The maximum atomic E-state index is 13.8. The molecule has 0 spiro atoms. The number of anilines is 2. The minimum Gasteiger partial charge on any atom is -0.507 e. The minimum atomic E-state index is -3.83. The summed E-state index contributed by atoms with van der Waals surface area (Å²) in [5.41, 5.74) is 4.04. The Kier molecular flexibility index (Phi) is 22.6. The lowest BCUT2D eigenvalue weighted by Crippen LogP contribution is -2.29. The molecule has 0 aliphatic heterocycles. The lowest BCUT2D eigenvalue weighted by Gasteiger charge is -2.22. The van der Waals surface area contributed by atoms with Crippen LogP contribution in [0.4, 0.5) is 20.3 Å². The molecular weight excluding hydrogens is 1030 g/mol. The van der Waals surface area contributed by atoms with E-state index >= 15 is 0 Å². The number of nitrogens with zero attached hydrogens (tertiary/aromatic N) is 3. The first-order chi connectivity index (χ1) is 37.8. The number of halogens is 2. The fourth-order valence-electron chi connectivity index (χ4n) is 7.19. The van der Waals surface area contributed by atoms with Gasteiger partial charge in [0.05, 0.1) is 76.3 Å². The van der Waals surface area contributed by atoms with Gasteiger partial charge in [-0.2, -0.15) is 0 Å². The second-order valence-corrected chi connectivity index (χ2v) is 21.0. The van der Waals surface area contributed by atoms with Crippen LogP contribution in [0.5, 0.6) is 23.0 Å². The minimum absolute atomic E-state index is 0.0411. The molecule has 19 nitrogen and oxygen atoms in total. The predicted octanol–water partition coefficient (Wildman–Crippen LogP) is 8.64. The zero-order valence-electron chi connectivity index (χ0n) is 43.8. The molecule has 4 N–H and O–H groups in total. The molecule has 78 heavy (non-hydrogen) atoms. The van der Waals surface area contributed by atoms with Crippen molar-refractivity contribution in [2.45, 2.75) is 43.6 Å². The van der Waals surface area contributed by atoms with E-state index in [2.05, 4.69) is 30.9 Å². The SMILES string of the molecule is CC(C)(C)S(=O)(=O)c1cc2c(Nc3ccc4ocnc4c3)ncnc2cc1OCCNCCOCCOCCOCCOCCOCCN/C=C(\O)COc1ccc(OCc2ccc(F)cc2)c(OCc2ccc(F)cc2)c1. The van der Waals surface area contributed by atoms with Crippen molar-refractivity contribution in [2.75, 3.05) is 104 Å². The van der Waals surface area contributed by atoms with Gasteiger partial charge in [-0.1, -0.05) is 24.3 Å². The zero-order valence-corrected chi connectivity index (χ0v) is 44.7. The predicted molar refractivity (Wildman–Crippen MR) is 288 cm³/mol. The van der Waals surface area contributed by atoms with Gasteiger partial charge in [-0.3, -0.25) is 0 Å². The second-order valence-electron chi connectivity index (χ2n) is 18.3. The first-order valence-electron chi connectivity index (χ1n) is 25.3. The highest BCUT2D eigenvalue weighted by molar-refractivity contribution is 7.92.